The van der Waals surface area contributed by atoms with Gasteiger partial charge < -0.3 is 14.8 Å². The van der Waals surface area contributed by atoms with E-state index < -0.39 is 0 Å². The molecular weight excluding hydrogens is 278 g/mol. The van der Waals surface area contributed by atoms with E-state index in [1.54, 1.807) is 6.07 Å². The van der Waals surface area contributed by atoms with E-state index in [9.17, 15) is 4.79 Å². The van der Waals surface area contributed by atoms with Crippen LogP contribution in [0.2, 0.25) is 0 Å². The second-order valence-electron chi connectivity index (χ2n) is 4.89. The molecule has 4 heteroatoms. The Labute approximate surface area is 131 Å². The molecule has 2 aromatic carbocycles. The molecule has 4 nitrogen and oxygen atoms in total. The quantitative estimate of drug-likeness (QED) is 0.794. The Morgan fingerprint density at radius 1 is 1.09 bits per heavy atom. The maximum absolute atomic E-state index is 12.1. The second kappa shape index (κ2) is 8.20. The number of amides is 1. The third-order valence-electron chi connectivity index (χ3n) is 3.09. The fraction of sp³-hybridized carbons (Fsp3) is 0.278. The van der Waals surface area contributed by atoms with E-state index in [4.69, 9.17) is 9.47 Å². The first-order valence-corrected chi connectivity index (χ1v) is 7.37. The number of hydrogen-bond donors (Lipinski definition) is 1. The number of aryl methyl sites for hydroxylation is 1. The molecular formula is C18H21NO3. The average molecular weight is 299 g/mol. The highest BCUT2D eigenvalue weighted by molar-refractivity contribution is 6.04. The number of anilines is 1. The molecule has 0 bridgehead atoms. The van der Waals surface area contributed by atoms with Crippen LogP contribution in [0, 0.1) is 6.92 Å². The van der Waals surface area contributed by atoms with Crippen LogP contribution in [-0.4, -0.2) is 25.7 Å². The lowest BCUT2D eigenvalue weighted by atomic mass is 10.1. The second-order valence-corrected chi connectivity index (χ2v) is 4.89. The van der Waals surface area contributed by atoms with Crippen LogP contribution in [0.4, 0.5) is 5.69 Å². The van der Waals surface area contributed by atoms with Gasteiger partial charge in [-0.25, -0.2) is 0 Å². The molecule has 0 heterocycles. The van der Waals surface area contributed by atoms with Gasteiger partial charge in [0.25, 0.3) is 5.91 Å². The van der Waals surface area contributed by atoms with E-state index in [0.717, 1.165) is 17.0 Å². The Hall–Kier alpha value is -2.33. The van der Waals surface area contributed by atoms with Crippen LogP contribution in [0.15, 0.2) is 48.5 Å². The first kappa shape index (κ1) is 16.0. The Bertz CT molecular complexity index is 608. The largest absolute Gasteiger partial charge is 0.491 e. The Morgan fingerprint density at radius 2 is 1.86 bits per heavy atom. The smallest absolute Gasteiger partial charge is 0.255 e. The summed E-state index contributed by atoms with van der Waals surface area (Å²) in [5.74, 6) is 0.641. The minimum atomic E-state index is -0.117. The average Bonchev–Trinajstić information content (AvgIpc) is 2.53. The van der Waals surface area contributed by atoms with Gasteiger partial charge in [0.15, 0.2) is 0 Å². The molecule has 116 valence electrons. The maximum Gasteiger partial charge on any atom is 0.255 e. The van der Waals surface area contributed by atoms with Gasteiger partial charge in [-0.2, -0.15) is 0 Å². The van der Waals surface area contributed by atoms with Gasteiger partial charge in [-0.15, -0.1) is 0 Å². The molecule has 22 heavy (non-hydrogen) atoms. The molecule has 0 fully saturated rings. The predicted octanol–water partition coefficient (Wildman–Crippen LogP) is 3.66. The van der Waals surface area contributed by atoms with Crippen LogP contribution in [0.1, 0.15) is 22.8 Å². The minimum Gasteiger partial charge on any atom is -0.491 e. The van der Waals surface area contributed by atoms with Crippen molar-refractivity contribution >= 4 is 11.6 Å². The molecule has 0 aromatic heterocycles. The topological polar surface area (TPSA) is 47.6 Å². The number of carbonyl (C=O) groups excluding carboxylic acids is 1. The zero-order valence-corrected chi connectivity index (χ0v) is 13.0. The number of hydrogen-bond acceptors (Lipinski definition) is 3. The van der Waals surface area contributed by atoms with E-state index in [0.29, 0.717) is 25.4 Å². The van der Waals surface area contributed by atoms with Crippen LogP contribution < -0.4 is 10.1 Å². The van der Waals surface area contributed by atoms with Crippen molar-refractivity contribution in [2.24, 2.45) is 0 Å². The van der Waals surface area contributed by atoms with Crippen LogP contribution in [0.25, 0.3) is 0 Å². The van der Waals surface area contributed by atoms with Gasteiger partial charge in [-0.05, 0) is 50.2 Å². The lowest BCUT2D eigenvalue weighted by Crippen LogP contribution is -2.12. The molecule has 0 saturated carbocycles. The van der Waals surface area contributed by atoms with Crippen molar-refractivity contribution in [3.63, 3.8) is 0 Å². The van der Waals surface area contributed by atoms with Crippen molar-refractivity contribution < 1.29 is 14.3 Å². The number of rotatable bonds is 7. The zero-order valence-electron chi connectivity index (χ0n) is 13.0. The fourth-order valence-electron chi connectivity index (χ4n) is 1.99. The Morgan fingerprint density at radius 3 is 2.55 bits per heavy atom. The summed E-state index contributed by atoms with van der Waals surface area (Å²) in [6.45, 7) is 5.69. The third-order valence-corrected chi connectivity index (χ3v) is 3.09. The molecule has 0 aliphatic carbocycles. The predicted molar refractivity (Wildman–Crippen MR) is 87.6 cm³/mol. The van der Waals surface area contributed by atoms with Crippen molar-refractivity contribution in [1.82, 2.24) is 0 Å². The summed E-state index contributed by atoms with van der Waals surface area (Å²) in [5.41, 5.74) is 2.45. The SMILES string of the molecule is CCOCCOc1ccc(NC(=O)c2cccc(C)c2)cc1. The zero-order chi connectivity index (χ0) is 15.8. The van der Waals surface area contributed by atoms with Crippen LogP contribution in [0.3, 0.4) is 0 Å². The lowest BCUT2D eigenvalue weighted by molar-refractivity contribution is 0.102. The summed E-state index contributed by atoms with van der Waals surface area (Å²) < 4.78 is 10.7. The number of benzene rings is 2. The minimum absolute atomic E-state index is 0.117. The third kappa shape index (κ3) is 4.90. The van der Waals surface area contributed by atoms with E-state index in [-0.39, 0.29) is 5.91 Å². The van der Waals surface area contributed by atoms with E-state index >= 15 is 0 Å². The lowest BCUT2D eigenvalue weighted by Gasteiger charge is -2.08. The van der Waals surface area contributed by atoms with Gasteiger partial charge in [0.2, 0.25) is 0 Å². The molecule has 0 radical (unpaired) electrons. The van der Waals surface area contributed by atoms with Crippen molar-refractivity contribution in [2.45, 2.75) is 13.8 Å². The summed E-state index contributed by atoms with van der Waals surface area (Å²) in [6.07, 6.45) is 0. The standard InChI is InChI=1S/C18H21NO3/c1-3-21-11-12-22-17-9-7-16(8-10-17)19-18(20)15-6-4-5-14(2)13-15/h4-10,13H,3,11-12H2,1-2H3,(H,19,20). The first-order chi connectivity index (χ1) is 10.7. The molecule has 0 unspecified atom stereocenters. The van der Waals surface area contributed by atoms with Gasteiger partial charge in [0.1, 0.15) is 12.4 Å². The normalized spacial score (nSPS) is 10.3. The first-order valence-electron chi connectivity index (χ1n) is 7.37. The van der Waals surface area contributed by atoms with Crippen molar-refractivity contribution in [1.29, 1.82) is 0 Å². The summed E-state index contributed by atoms with van der Waals surface area (Å²) in [5, 5.41) is 2.87. The molecule has 0 aliphatic heterocycles. The highest BCUT2D eigenvalue weighted by atomic mass is 16.5. The molecule has 2 rings (SSSR count). The fourth-order valence-corrected chi connectivity index (χ4v) is 1.99. The summed E-state index contributed by atoms with van der Waals surface area (Å²) in [6, 6.07) is 14.8. The van der Waals surface area contributed by atoms with Crippen LogP contribution in [0.5, 0.6) is 5.75 Å². The molecule has 1 N–H and O–H groups in total. The molecule has 0 spiro atoms. The van der Waals surface area contributed by atoms with Gasteiger partial charge in [-0.1, -0.05) is 17.7 Å². The number of ether oxygens (including phenoxy) is 2. The van der Waals surface area contributed by atoms with Gasteiger partial charge in [0, 0.05) is 17.9 Å². The summed E-state index contributed by atoms with van der Waals surface area (Å²) >= 11 is 0. The van der Waals surface area contributed by atoms with Crippen molar-refractivity contribution in [3.05, 3.63) is 59.7 Å². The maximum atomic E-state index is 12.1. The van der Waals surface area contributed by atoms with Crippen molar-refractivity contribution in [3.8, 4) is 5.75 Å². The Kier molecular flexibility index (Phi) is 5.98. The summed E-state index contributed by atoms with van der Waals surface area (Å²) in [4.78, 5) is 12.1. The molecule has 0 atom stereocenters. The molecule has 0 aliphatic rings. The van der Waals surface area contributed by atoms with Crippen LogP contribution >= 0.6 is 0 Å². The van der Waals surface area contributed by atoms with Gasteiger partial charge in [0.05, 0.1) is 6.61 Å². The van der Waals surface area contributed by atoms with Gasteiger partial charge >= 0.3 is 0 Å². The molecule has 0 saturated heterocycles. The number of nitrogens with one attached hydrogen (secondary N) is 1. The van der Waals surface area contributed by atoms with E-state index in [2.05, 4.69) is 5.32 Å². The van der Waals surface area contributed by atoms with E-state index in [1.807, 2.05) is 56.3 Å². The molecule has 1 amide bonds. The monoisotopic (exact) mass is 299 g/mol. The van der Waals surface area contributed by atoms with Gasteiger partial charge in [-0.3, -0.25) is 4.79 Å². The highest BCUT2D eigenvalue weighted by Crippen LogP contribution is 2.16. The number of carbonyl (C=O) groups is 1. The summed E-state index contributed by atoms with van der Waals surface area (Å²) in [7, 11) is 0. The van der Waals surface area contributed by atoms with Crippen LogP contribution in [-0.2, 0) is 4.74 Å². The Balaban J connectivity index is 1.89. The highest BCUT2D eigenvalue weighted by Gasteiger charge is 2.06. The van der Waals surface area contributed by atoms with Crippen molar-refractivity contribution in [2.75, 3.05) is 25.1 Å². The molecule has 2 aromatic rings. The van der Waals surface area contributed by atoms with E-state index in [1.165, 1.54) is 0 Å².